The summed E-state index contributed by atoms with van der Waals surface area (Å²) in [5.41, 5.74) is -2.33. The lowest BCUT2D eigenvalue weighted by Gasteiger charge is -2.42. The summed E-state index contributed by atoms with van der Waals surface area (Å²) in [6, 6.07) is 2.50. The van der Waals surface area contributed by atoms with Crippen LogP contribution in [0.1, 0.15) is 47.0 Å². The fraction of sp³-hybridized carbons (Fsp3) is 0.667. The van der Waals surface area contributed by atoms with Crippen molar-refractivity contribution in [2.45, 2.75) is 64.3 Å². The number of rotatable bonds is 4. The number of hydrogen-bond acceptors (Lipinski definition) is 4. The Labute approximate surface area is 147 Å². The first-order valence-electron chi connectivity index (χ1n) is 8.55. The lowest BCUT2D eigenvalue weighted by atomic mass is 9.90. The predicted octanol–water partition coefficient (Wildman–Crippen LogP) is 4.12. The summed E-state index contributed by atoms with van der Waals surface area (Å²) in [6.07, 6.45) is 2.05. The van der Waals surface area contributed by atoms with Crippen LogP contribution in [0.3, 0.4) is 0 Å². The van der Waals surface area contributed by atoms with Crippen LogP contribution >= 0.6 is 0 Å². The van der Waals surface area contributed by atoms with Gasteiger partial charge in [-0.25, -0.2) is 18.6 Å². The molecule has 2 heterocycles. The van der Waals surface area contributed by atoms with Crippen molar-refractivity contribution in [1.29, 1.82) is 0 Å². The third-order valence-corrected chi connectivity index (χ3v) is 4.10. The maximum Gasteiger partial charge on any atom is 0.410 e. The molecular weight excluding hydrogens is 330 g/mol. The van der Waals surface area contributed by atoms with Gasteiger partial charge >= 0.3 is 6.09 Å². The number of carbonyl (C=O) groups excluding carboxylic acids is 1. The number of likely N-dealkylation sites (tertiary alicyclic amines) is 1. The van der Waals surface area contributed by atoms with Crippen molar-refractivity contribution >= 4 is 6.09 Å². The molecule has 2 rings (SSSR count). The fourth-order valence-corrected chi connectivity index (χ4v) is 2.82. The minimum absolute atomic E-state index is 0.0531. The lowest BCUT2D eigenvalue weighted by molar-refractivity contribution is -0.0386. The van der Waals surface area contributed by atoms with Gasteiger partial charge in [-0.05, 0) is 46.1 Å². The van der Waals surface area contributed by atoms with Crippen molar-refractivity contribution in [3.05, 3.63) is 24.1 Å². The minimum atomic E-state index is -1.70. The van der Waals surface area contributed by atoms with Crippen molar-refractivity contribution in [2.24, 2.45) is 0 Å². The van der Waals surface area contributed by atoms with Crippen LogP contribution in [0.5, 0.6) is 5.88 Å². The topological polar surface area (TPSA) is 51.7 Å². The number of aromatic nitrogens is 1. The summed E-state index contributed by atoms with van der Waals surface area (Å²) in [5, 5.41) is 0. The van der Waals surface area contributed by atoms with E-state index in [-0.39, 0.29) is 31.5 Å². The number of pyridine rings is 1. The summed E-state index contributed by atoms with van der Waals surface area (Å²) in [4.78, 5) is 17.6. The van der Waals surface area contributed by atoms with E-state index in [1.807, 2.05) is 6.92 Å². The second kappa shape index (κ2) is 7.54. The Morgan fingerprint density at radius 1 is 1.44 bits per heavy atom. The molecule has 1 amide bonds. The molecule has 1 aliphatic rings. The number of ether oxygens (including phenoxy) is 2. The van der Waals surface area contributed by atoms with Gasteiger partial charge in [-0.2, -0.15) is 0 Å². The Hall–Kier alpha value is -1.92. The molecule has 1 saturated heterocycles. The molecule has 0 bridgehead atoms. The van der Waals surface area contributed by atoms with Gasteiger partial charge in [-0.15, -0.1) is 0 Å². The number of nitrogens with zero attached hydrogens (tertiary/aromatic N) is 2. The van der Waals surface area contributed by atoms with Gasteiger partial charge in [-0.3, -0.25) is 0 Å². The summed E-state index contributed by atoms with van der Waals surface area (Å²) in [5.74, 6) is -0.332. The van der Waals surface area contributed by atoms with Crippen molar-refractivity contribution in [2.75, 3.05) is 13.2 Å². The Morgan fingerprint density at radius 2 is 2.16 bits per heavy atom. The zero-order valence-electron chi connectivity index (χ0n) is 15.2. The van der Waals surface area contributed by atoms with Gasteiger partial charge in [0.15, 0.2) is 5.67 Å². The molecule has 0 saturated carbocycles. The van der Waals surface area contributed by atoms with E-state index in [0.29, 0.717) is 6.42 Å². The summed E-state index contributed by atoms with van der Waals surface area (Å²) in [6.45, 7) is 6.96. The highest BCUT2D eigenvalue weighted by molar-refractivity contribution is 5.69. The Bertz CT molecular complexity index is 589. The van der Waals surface area contributed by atoms with Gasteiger partial charge in [0.2, 0.25) is 5.88 Å². The van der Waals surface area contributed by atoms with Crippen LogP contribution in [0, 0.1) is 5.82 Å². The van der Waals surface area contributed by atoms with Crippen molar-refractivity contribution in [3.63, 3.8) is 0 Å². The largest absolute Gasteiger partial charge is 0.474 e. The highest BCUT2D eigenvalue weighted by Crippen LogP contribution is 2.32. The Morgan fingerprint density at radius 3 is 2.72 bits per heavy atom. The molecule has 2 unspecified atom stereocenters. The molecule has 140 valence electrons. The molecule has 1 aromatic heterocycles. The summed E-state index contributed by atoms with van der Waals surface area (Å²) in [7, 11) is 0. The van der Waals surface area contributed by atoms with Crippen molar-refractivity contribution in [3.8, 4) is 5.88 Å². The van der Waals surface area contributed by atoms with E-state index in [0.717, 1.165) is 12.6 Å². The Kier molecular flexibility index (Phi) is 5.85. The van der Waals surface area contributed by atoms with E-state index in [9.17, 15) is 9.18 Å². The smallest absolute Gasteiger partial charge is 0.410 e. The second-order valence-corrected chi connectivity index (χ2v) is 7.46. The zero-order valence-corrected chi connectivity index (χ0v) is 15.2. The number of piperidine rings is 1. The van der Waals surface area contributed by atoms with Gasteiger partial charge < -0.3 is 14.4 Å². The van der Waals surface area contributed by atoms with Crippen molar-refractivity contribution in [1.82, 2.24) is 9.88 Å². The molecule has 5 nitrogen and oxygen atoms in total. The predicted molar refractivity (Wildman–Crippen MR) is 89.8 cm³/mol. The summed E-state index contributed by atoms with van der Waals surface area (Å²) < 4.78 is 38.9. The molecule has 0 N–H and O–H groups in total. The molecule has 1 aromatic rings. The van der Waals surface area contributed by atoms with Crippen LogP contribution in [0.15, 0.2) is 18.3 Å². The number of hydrogen-bond donors (Lipinski definition) is 0. The maximum atomic E-state index is 15.2. The highest BCUT2D eigenvalue weighted by Gasteiger charge is 2.43. The SMILES string of the molecule is CCC1CCC(F)(COc2ccc(F)cn2)CN1C(=O)OC(C)(C)C. The maximum absolute atomic E-state index is 15.2. The van der Waals surface area contributed by atoms with Gasteiger partial charge in [0, 0.05) is 12.1 Å². The first-order valence-corrected chi connectivity index (χ1v) is 8.55. The standard InChI is InChI=1S/C18H26F2N2O3/c1-5-14-8-9-18(20,11-22(14)16(23)25-17(2,3)4)12-24-15-7-6-13(19)10-21-15/h6-7,10,14H,5,8-9,11-12H2,1-4H3. The van der Waals surface area contributed by atoms with Crippen LogP contribution in [-0.4, -0.2) is 46.4 Å². The van der Waals surface area contributed by atoms with Gasteiger partial charge in [0.05, 0.1) is 12.7 Å². The van der Waals surface area contributed by atoms with Crippen LogP contribution in [0.25, 0.3) is 0 Å². The van der Waals surface area contributed by atoms with E-state index >= 15 is 4.39 Å². The molecule has 0 aromatic carbocycles. The van der Waals surface area contributed by atoms with Crippen LogP contribution in [0.4, 0.5) is 13.6 Å². The highest BCUT2D eigenvalue weighted by atomic mass is 19.1. The quantitative estimate of drug-likeness (QED) is 0.814. The average Bonchev–Trinajstić information content (AvgIpc) is 2.53. The van der Waals surface area contributed by atoms with E-state index in [2.05, 4.69) is 4.98 Å². The van der Waals surface area contributed by atoms with Gasteiger partial charge in [0.25, 0.3) is 0 Å². The van der Waals surface area contributed by atoms with E-state index < -0.39 is 23.2 Å². The van der Waals surface area contributed by atoms with Crippen LogP contribution < -0.4 is 4.74 Å². The minimum Gasteiger partial charge on any atom is -0.474 e. The molecule has 1 aliphatic heterocycles. The van der Waals surface area contributed by atoms with E-state index in [1.165, 1.54) is 17.0 Å². The second-order valence-electron chi connectivity index (χ2n) is 7.46. The monoisotopic (exact) mass is 356 g/mol. The molecule has 1 fully saturated rings. The van der Waals surface area contributed by atoms with Crippen LogP contribution in [0.2, 0.25) is 0 Å². The number of alkyl halides is 1. The molecule has 0 radical (unpaired) electrons. The van der Waals surface area contributed by atoms with Crippen LogP contribution in [-0.2, 0) is 4.74 Å². The molecular formula is C18H26F2N2O3. The van der Waals surface area contributed by atoms with Gasteiger partial charge in [-0.1, -0.05) is 6.92 Å². The van der Waals surface area contributed by atoms with E-state index in [1.54, 1.807) is 20.8 Å². The number of halogens is 2. The normalized spacial score (nSPS) is 24.1. The zero-order chi connectivity index (χ0) is 18.7. The molecule has 0 aliphatic carbocycles. The van der Waals surface area contributed by atoms with E-state index in [4.69, 9.17) is 9.47 Å². The number of amides is 1. The van der Waals surface area contributed by atoms with Gasteiger partial charge in [0.1, 0.15) is 18.0 Å². The van der Waals surface area contributed by atoms with Crippen molar-refractivity contribution < 1.29 is 23.0 Å². The average molecular weight is 356 g/mol. The molecule has 25 heavy (non-hydrogen) atoms. The molecule has 7 heteroatoms. The first-order chi connectivity index (χ1) is 11.6. The summed E-state index contributed by atoms with van der Waals surface area (Å²) >= 11 is 0. The molecule has 2 atom stereocenters. The fourth-order valence-electron chi connectivity index (χ4n) is 2.82. The third kappa shape index (κ3) is 5.54. The Balaban J connectivity index is 2.03. The third-order valence-electron chi connectivity index (χ3n) is 4.10. The number of carbonyl (C=O) groups is 1. The lowest BCUT2D eigenvalue weighted by Crippen LogP contribution is -2.56. The molecule has 0 spiro atoms. The first kappa shape index (κ1) is 19.4.